The quantitative estimate of drug-likeness (QED) is 0.455. The first-order valence-corrected chi connectivity index (χ1v) is 3.34. The number of nitrogens with one attached hydrogen (secondary N) is 1. The number of ether oxygens (including phenoxy) is 1. The van der Waals surface area contributed by atoms with Gasteiger partial charge in [-0.3, -0.25) is 10.1 Å². The van der Waals surface area contributed by atoms with Crippen LogP contribution in [0.2, 0.25) is 0 Å². The van der Waals surface area contributed by atoms with Gasteiger partial charge in [0.15, 0.2) is 0 Å². The maximum absolute atomic E-state index is 10.5. The number of aliphatic carboxylic acids is 1. The summed E-state index contributed by atoms with van der Waals surface area (Å²) in [6, 6.07) is -0.782. The van der Waals surface area contributed by atoms with Gasteiger partial charge in [-0.05, 0) is 0 Å². The first-order valence-electron chi connectivity index (χ1n) is 3.34. The van der Waals surface area contributed by atoms with Crippen LogP contribution in [0.3, 0.4) is 0 Å². The van der Waals surface area contributed by atoms with Gasteiger partial charge in [0.1, 0.15) is 12.1 Å². The third-order valence-electron chi connectivity index (χ3n) is 1.79. The van der Waals surface area contributed by atoms with Crippen molar-refractivity contribution in [3.05, 3.63) is 0 Å². The summed E-state index contributed by atoms with van der Waals surface area (Å²) in [4.78, 5) is 10.5. The first kappa shape index (κ1) is 8.45. The molecule has 0 unspecified atom stereocenters. The number of aliphatic hydroxyl groups is 1. The highest BCUT2D eigenvalue weighted by atomic mass is 16.5. The molecule has 0 amide bonds. The number of rotatable bonds is 2. The van der Waals surface area contributed by atoms with Crippen molar-refractivity contribution in [2.45, 2.75) is 18.2 Å². The van der Waals surface area contributed by atoms with Crippen LogP contribution in [0.25, 0.3) is 0 Å². The van der Waals surface area contributed by atoms with Gasteiger partial charge in [0.25, 0.3) is 0 Å². The molecular weight excluding hydrogens is 150 g/mol. The third-order valence-corrected chi connectivity index (χ3v) is 1.79. The molecule has 0 spiro atoms. The summed E-state index contributed by atoms with van der Waals surface area (Å²) in [5.74, 6) is -0.992. The summed E-state index contributed by atoms with van der Waals surface area (Å²) < 4.78 is 4.80. The fourth-order valence-electron chi connectivity index (χ4n) is 1.22. The molecule has 0 aromatic heterocycles. The summed E-state index contributed by atoms with van der Waals surface area (Å²) in [6.07, 6.45) is -1.35. The van der Waals surface area contributed by atoms with Gasteiger partial charge in [-0.15, -0.1) is 0 Å². The van der Waals surface area contributed by atoms with Crippen molar-refractivity contribution in [3.8, 4) is 0 Å². The summed E-state index contributed by atoms with van der Waals surface area (Å²) in [5, 5.41) is 20.4. The van der Waals surface area contributed by atoms with Crippen molar-refractivity contribution in [1.82, 2.24) is 5.32 Å². The Bertz CT molecular complexity index is 161. The summed E-state index contributed by atoms with van der Waals surface area (Å²) >= 11 is 0. The van der Waals surface area contributed by atoms with Crippen LogP contribution < -0.4 is 5.32 Å². The van der Waals surface area contributed by atoms with Crippen molar-refractivity contribution < 1.29 is 19.7 Å². The SMILES string of the molecule is CO[C@H]1[C@H](O)CN[C@@H]1C(=O)O. The maximum atomic E-state index is 10.5. The van der Waals surface area contributed by atoms with E-state index in [9.17, 15) is 4.79 Å². The summed E-state index contributed by atoms with van der Waals surface area (Å²) in [6.45, 7) is 0.273. The van der Waals surface area contributed by atoms with E-state index < -0.39 is 24.2 Å². The lowest BCUT2D eigenvalue weighted by Crippen LogP contribution is -2.41. The van der Waals surface area contributed by atoms with Crippen LogP contribution in [-0.2, 0) is 9.53 Å². The van der Waals surface area contributed by atoms with E-state index in [1.807, 2.05) is 0 Å². The molecule has 0 saturated carbocycles. The highest BCUT2D eigenvalue weighted by Crippen LogP contribution is 2.11. The van der Waals surface area contributed by atoms with Crippen molar-refractivity contribution in [3.63, 3.8) is 0 Å². The molecule has 0 radical (unpaired) electrons. The largest absolute Gasteiger partial charge is 0.480 e. The predicted molar refractivity (Wildman–Crippen MR) is 36.2 cm³/mol. The second-order valence-electron chi connectivity index (χ2n) is 2.49. The van der Waals surface area contributed by atoms with Crippen LogP contribution in [0.1, 0.15) is 0 Å². The zero-order chi connectivity index (χ0) is 8.43. The fourth-order valence-corrected chi connectivity index (χ4v) is 1.22. The smallest absolute Gasteiger partial charge is 0.323 e. The molecular formula is C6H11NO4. The number of hydrogen-bond donors (Lipinski definition) is 3. The standard InChI is InChI=1S/C6H11NO4/c1-11-5-3(8)2-7-4(5)6(9)10/h3-5,7-8H,2H2,1H3,(H,9,10)/t3-,4+,5+/m1/s1. The van der Waals surface area contributed by atoms with E-state index >= 15 is 0 Å². The second kappa shape index (κ2) is 3.17. The van der Waals surface area contributed by atoms with E-state index in [2.05, 4.69) is 5.32 Å². The van der Waals surface area contributed by atoms with Crippen molar-refractivity contribution >= 4 is 5.97 Å². The molecule has 1 rings (SSSR count). The van der Waals surface area contributed by atoms with Crippen LogP contribution in [0.15, 0.2) is 0 Å². The van der Waals surface area contributed by atoms with Gasteiger partial charge in [-0.25, -0.2) is 0 Å². The Balaban J connectivity index is 2.61. The molecule has 3 atom stereocenters. The number of β-amino-alcohol motifs (C(OH)–C–C–N with tert-alkyl or cyclic N) is 1. The first-order chi connectivity index (χ1) is 5.16. The van der Waals surface area contributed by atoms with Gasteiger partial charge in [0.05, 0.1) is 6.10 Å². The minimum atomic E-state index is -0.992. The fraction of sp³-hybridized carbons (Fsp3) is 0.833. The van der Waals surface area contributed by atoms with Crippen LogP contribution in [0.4, 0.5) is 0 Å². The Labute approximate surface area is 64.0 Å². The lowest BCUT2D eigenvalue weighted by molar-refractivity contribution is -0.143. The number of methoxy groups -OCH3 is 1. The minimum absolute atomic E-state index is 0.273. The van der Waals surface area contributed by atoms with Gasteiger partial charge < -0.3 is 14.9 Å². The van der Waals surface area contributed by atoms with Gasteiger partial charge in [0, 0.05) is 13.7 Å². The molecule has 0 aliphatic carbocycles. The molecule has 0 aromatic rings. The van der Waals surface area contributed by atoms with Gasteiger partial charge in [-0.2, -0.15) is 0 Å². The topological polar surface area (TPSA) is 78.8 Å². The molecule has 11 heavy (non-hydrogen) atoms. The molecule has 1 aliphatic heterocycles. The Kier molecular flexibility index (Phi) is 2.43. The predicted octanol–water partition coefficient (Wildman–Crippen LogP) is -1.58. The molecule has 0 bridgehead atoms. The Morgan fingerprint density at radius 3 is 2.73 bits per heavy atom. The minimum Gasteiger partial charge on any atom is -0.480 e. The molecule has 64 valence electrons. The number of carbonyl (C=O) groups is 1. The maximum Gasteiger partial charge on any atom is 0.323 e. The van der Waals surface area contributed by atoms with Crippen LogP contribution in [-0.4, -0.2) is 48.1 Å². The summed E-state index contributed by atoms with van der Waals surface area (Å²) in [7, 11) is 1.39. The molecule has 5 nitrogen and oxygen atoms in total. The van der Waals surface area contributed by atoms with Gasteiger partial charge in [-0.1, -0.05) is 0 Å². The average Bonchev–Trinajstić information content (AvgIpc) is 2.30. The van der Waals surface area contributed by atoms with E-state index in [1.165, 1.54) is 7.11 Å². The van der Waals surface area contributed by atoms with Crippen molar-refractivity contribution in [2.24, 2.45) is 0 Å². The number of carboxylic acids is 1. The van der Waals surface area contributed by atoms with Gasteiger partial charge >= 0.3 is 5.97 Å². The molecule has 1 heterocycles. The molecule has 5 heteroatoms. The number of aliphatic hydroxyl groups excluding tert-OH is 1. The monoisotopic (exact) mass is 161 g/mol. The normalized spacial score (nSPS) is 37.5. The van der Waals surface area contributed by atoms with Crippen LogP contribution in [0.5, 0.6) is 0 Å². The van der Waals surface area contributed by atoms with Crippen LogP contribution in [0, 0.1) is 0 Å². The highest BCUT2D eigenvalue weighted by Gasteiger charge is 2.39. The lowest BCUT2D eigenvalue weighted by atomic mass is 10.1. The van der Waals surface area contributed by atoms with Gasteiger partial charge in [0.2, 0.25) is 0 Å². The van der Waals surface area contributed by atoms with Crippen molar-refractivity contribution in [2.75, 3.05) is 13.7 Å². The van der Waals surface area contributed by atoms with E-state index in [-0.39, 0.29) is 6.54 Å². The van der Waals surface area contributed by atoms with Crippen molar-refractivity contribution in [1.29, 1.82) is 0 Å². The lowest BCUT2D eigenvalue weighted by Gasteiger charge is -2.15. The number of hydrogen-bond acceptors (Lipinski definition) is 4. The van der Waals surface area contributed by atoms with Crippen LogP contribution >= 0.6 is 0 Å². The molecule has 1 saturated heterocycles. The van der Waals surface area contributed by atoms with E-state index in [0.717, 1.165) is 0 Å². The Morgan fingerprint density at radius 2 is 2.36 bits per heavy atom. The molecule has 1 aliphatic rings. The third kappa shape index (κ3) is 1.50. The molecule has 1 fully saturated rings. The Morgan fingerprint density at radius 1 is 1.73 bits per heavy atom. The van der Waals surface area contributed by atoms with E-state index in [0.29, 0.717) is 0 Å². The van der Waals surface area contributed by atoms with E-state index in [4.69, 9.17) is 14.9 Å². The average molecular weight is 161 g/mol. The Hall–Kier alpha value is -0.650. The zero-order valence-electron chi connectivity index (χ0n) is 6.15. The zero-order valence-corrected chi connectivity index (χ0v) is 6.15. The van der Waals surface area contributed by atoms with E-state index in [1.54, 1.807) is 0 Å². The molecule has 0 aromatic carbocycles. The highest BCUT2D eigenvalue weighted by molar-refractivity contribution is 5.75. The number of carboxylic acid groups (broad SMARTS) is 1. The molecule has 3 N–H and O–H groups in total. The summed E-state index contributed by atoms with van der Waals surface area (Å²) in [5.41, 5.74) is 0. The second-order valence-corrected chi connectivity index (χ2v) is 2.49.